The summed E-state index contributed by atoms with van der Waals surface area (Å²) >= 11 is 0. The van der Waals surface area contributed by atoms with Crippen LogP contribution in [0.1, 0.15) is 12.5 Å². The zero-order chi connectivity index (χ0) is 14.9. The molecule has 1 heterocycles. The van der Waals surface area contributed by atoms with Crippen LogP contribution in [-0.4, -0.2) is 32.1 Å². The van der Waals surface area contributed by atoms with Crippen molar-refractivity contribution < 1.29 is 14.8 Å². The zero-order valence-electron chi connectivity index (χ0n) is 11.1. The SMILES string of the molecule is CC(=O)Nc1c(C)cc2ncn(CCO)c2c1[N+](=O)[O-]. The van der Waals surface area contributed by atoms with Crippen molar-refractivity contribution in [2.75, 3.05) is 11.9 Å². The van der Waals surface area contributed by atoms with Gasteiger partial charge in [0, 0.05) is 13.5 Å². The third-order valence-electron chi connectivity index (χ3n) is 2.90. The largest absolute Gasteiger partial charge is 0.395 e. The topological polar surface area (TPSA) is 110 Å². The number of rotatable bonds is 4. The highest BCUT2D eigenvalue weighted by molar-refractivity contribution is 6.00. The minimum Gasteiger partial charge on any atom is -0.395 e. The van der Waals surface area contributed by atoms with Gasteiger partial charge in [0.15, 0.2) is 0 Å². The summed E-state index contributed by atoms with van der Waals surface area (Å²) in [5.74, 6) is -0.385. The van der Waals surface area contributed by atoms with Gasteiger partial charge in [0.25, 0.3) is 0 Å². The number of imidazole rings is 1. The monoisotopic (exact) mass is 278 g/mol. The average Bonchev–Trinajstić information content (AvgIpc) is 2.72. The van der Waals surface area contributed by atoms with Crippen molar-refractivity contribution in [1.82, 2.24) is 9.55 Å². The molecule has 0 bridgehead atoms. The zero-order valence-corrected chi connectivity index (χ0v) is 11.1. The summed E-state index contributed by atoms with van der Waals surface area (Å²) in [5, 5.41) is 22.9. The molecule has 1 amide bonds. The fourth-order valence-electron chi connectivity index (χ4n) is 2.13. The summed E-state index contributed by atoms with van der Waals surface area (Å²) in [6.45, 7) is 2.99. The number of nitro groups is 1. The number of nitrogens with zero attached hydrogens (tertiary/aromatic N) is 3. The van der Waals surface area contributed by atoms with Crippen molar-refractivity contribution in [2.45, 2.75) is 20.4 Å². The van der Waals surface area contributed by atoms with Crippen LogP contribution in [0.15, 0.2) is 12.4 Å². The van der Waals surface area contributed by atoms with Crippen LogP contribution in [-0.2, 0) is 11.3 Å². The van der Waals surface area contributed by atoms with E-state index in [1.54, 1.807) is 13.0 Å². The molecule has 1 aromatic heterocycles. The van der Waals surface area contributed by atoms with E-state index in [1.165, 1.54) is 17.8 Å². The number of nitro benzene ring substituents is 1. The second-order valence-corrected chi connectivity index (χ2v) is 4.38. The van der Waals surface area contributed by atoms with Crippen molar-refractivity contribution >= 4 is 28.3 Å². The van der Waals surface area contributed by atoms with E-state index in [2.05, 4.69) is 10.3 Å². The molecule has 0 aliphatic carbocycles. The Morgan fingerprint density at radius 2 is 2.30 bits per heavy atom. The van der Waals surface area contributed by atoms with Gasteiger partial charge in [-0.3, -0.25) is 14.9 Å². The van der Waals surface area contributed by atoms with Crippen LogP contribution in [0, 0.1) is 17.0 Å². The van der Waals surface area contributed by atoms with Crippen LogP contribution in [0.4, 0.5) is 11.4 Å². The molecule has 0 spiro atoms. The Bertz CT molecular complexity index is 692. The Balaban J connectivity index is 2.80. The molecule has 2 N–H and O–H groups in total. The molecule has 2 rings (SSSR count). The van der Waals surface area contributed by atoms with Gasteiger partial charge in [-0.05, 0) is 18.6 Å². The van der Waals surface area contributed by atoms with E-state index in [0.29, 0.717) is 16.6 Å². The molecule has 0 aliphatic heterocycles. The normalized spacial score (nSPS) is 10.8. The second-order valence-electron chi connectivity index (χ2n) is 4.38. The Morgan fingerprint density at radius 3 is 2.85 bits per heavy atom. The molecule has 106 valence electrons. The van der Waals surface area contributed by atoms with Gasteiger partial charge in [0.2, 0.25) is 5.91 Å². The van der Waals surface area contributed by atoms with Gasteiger partial charge in [0.05, 0.1) is 23.4 Å². The first kappa shape index (κ1) is 13.9. The van der Waals surface area contributed by atoms with E-state index < -0.39 is 4.92 Å². The summed E-state index contributed by atoms with van der Waals surface area (Å²) < 4.78 is 1.50. The van der Waals surface area contributed by atoms with Crippen LogP contribution >= 0.6 is 0 Å². The number of nitrogens with one attached hydrogen (secondary N) is 1. The molecule has 0 fully saturated rings. The van der Waals surface area contributed by atoms with Crippen molar-refractivity contribution in [2.24, 2.45) is 0 Å². The lowest BCUT2D eigenvalue weighted by atomic mass is 10.1. The van der Waals surface area contributed by atoms with Crippen LogP contribution < -0.4 is 5.32 Å². The molecule has 0 aliphatic rings. The molecular formula is C12H14N4O4. The predicted molar refractivity (Wildman–Crippen MR) is 72.5 cm³/mol. The number of aryl methyl sites for hydroxylation is 1. The van der Waals surface area contributed by atoms with Gasteiger partial charge in [-0.25, -0.2) is 4.98 Å². The molecular weight excluding hydrogens is 264 g/mol. The molecule has 8 nitrogen and oxygen atoms in total. The second kappa shape index (κ2) is 5.25. The molecule has 0 atom stereocenters. The number of hydrogen-bond donors (Lipinski definition) is 2. The summed E-state index contributed by atoms with van der Waals surface area (Å²) in [7, 11) is 0. The first-order valence-electron chi connectivity index (χ1n) is 5.97. The number of benzene rings is 1. The van der Waals surface area contributed by atoms with Crippen molar-refractivity contribution in [3.05, 3.63) is 28.1 Å². The van der Waals surface area contributed by atoms with E-state index in [1.807, 2.05) is 0 Å². The maximum absolute atomic E-state index is 11.4. The number of carbonyl (C=O) groups excluding carboxylic acids is 1. The summed E-state index contributed by atoms with van der Waals surface area (Å²) in [6, 6.07) is 1.67. The van der Waals surface area contributed by atoms with E-state index in [0.717, 1.165) is 0 Å². The predicted octanol–water partition coefficient (Wildman–Crippen LogP) is 1.20. The highest BCUT2D eigenvalue weighted by Gasteiger charge is 2.25. The Morgan fingerprint density at radius 1 is 1.60 bits per heavy atom. The van der Waals surface area contributed by atoms with E-state index >= 15 is 0 Å². The van der Waals surface area contributed by atoms with Crippen LogP contribution in [0.3, 0.4) is 0 Å². The molecule has 1 aromatic carbocycles. The number of amides is 1. The van der Waals surface area contributed by atoms with E-state index in [-0.39, 0.29) is 30.4 Å². The molecule has 0 radical (unpaired) electrons. The third-order valence-corrected chi connectivity index (χ3v) is 2.90. The Labute approximate surface area is 114 Å². The highest BCUT2D eigenvalue weighted by Crippen LogP contribution is 2.36. The van der Waals surface area contributed by atoms with Gasteiger partial charge in [-0.15, -0.1) is 0 Å². The standard InChI is InChI=1S/C12H14N4O4/c1-7-5-9-11(15(3-4-17)6-13-9)12(16(19)20)10(7)14-8(2)18/h5-6,17H,3-4H2,1-2H3,(H,14,18). The van der Waals surface area contributed by atoms with E-state index in [4.69, 9.17) is 5.11 Å². The maximum Gasteiger partial charge on any atom is 0.318 e. The van der Waals surface area contributed by atoms with Gasteiger partial charge in [-0.1, -0.05) is 0 Å². The molecule has 8 heteroatoms. The average molecular weight is 278 g/mol. The number of anilines is 1. The lowest BCUT2D eigenvalue weighted by Gasteiger charge is -2.09. The summed E-state index contributed by atoms with van der Waals surface area (Å²) in [4.78, 5) is 26.2. The molecule has 20 heavy (non-hydrogen) atoms. The smallest absolute Gasteiger partial charge is 0.318 e. The van der Waals surface area contributed by atoms with Crippen LogP contribution in [0.25, 0.3) is 11.0 Å². The molecule has 0 saturated carbocycles. The van der Waals surface area contributed by atoms with Crippen molar-refractivity contribution in [1.29, 1.82) is 0 Å². The van der Waals surface area contributed by atoms with Gasteiger partial charge in [-0.2, -0.15) is 0 Å². The maximum atomic E-state index is 11.4. The Hall–Kier alpha value is -2.48. The minimum absolute atomic E-state index is 0.161. The van der Waals surface area contributed by atoms with Gasteiger partial charge >= 0.3 is 5.69 Å². The van der Waals surface area contributed by atoms with E-state index in [9.17, 15) is 14.9 Å². The van der Waals surface area contributed by atoms with Crippen LogP contribution in [0.5, 0.6) is 0 Å². The van der Waals surface area contributed by atoms with Gasteiger partial charge in [0.1, 0.15) is 11.2 Å². The molecule has 0 unspecified atom stereocenters. The first-order chi connectivity index (χ1) is 9.45. The Kier molecular flexibility index (Phi) is 3.66. The minimum atomic E-state index is -0.545. The summed E-state index contributed by atoms with van der Waals surface area (Å²) in [6.07, 6.45) is 1.44. The summed E-state index contributed by atoms with van der Waals surface area (Å²) in [5.41, 5.74) is 1.26. The highest BCUT2D eigenvalue weighted by atomic mass is 16.6. The number of hydrogen-bond acceptors (Lipinski definition) is 5. The number of carbonyl (C=O) groups is 1. The first-order valence-corrected chi connectivity index (χ1v) is 5.97. The molecule has 2 aromatic rings. The van der Waals surface area contributed by atoms with Gasteiger partial charge < -0.3 is 15.0 Å². The lowest BCUT2D eigenvalue weighted by Crippen LogP contribution is -2.11. The molecule has 0 saturated heterocycles. The quantitative estimate of drug-likeness (QED) is 0.645. The van der Waals surface area contributed by atoms with Crippen molar-refractivity contribution in [3.8, 4) is 0 Å². The fourth-order valence-corrected chi connectivity index (χ4v) is 2.13. The fraction of sp³-hybridized carbons (Fsp3) is 0.333. The third kappa shape index (κ3) is 2.32. The number of fused-ring (bicyclic) bond motifs is 1. The number of aliphatic hydroxyl groups excluding tert-OH is 1. The number of aliphatic hydroxyl groups is 1. The van der Waals surface area contributed by atoms with Crippen LogP contribution in [0.2, 0.25) is 0 Å². The number of aromatic nitrogens is 2. The van der Waals surface area contributed by atoms with Crippen molar-refractivity contribution in [3.63, 3.8) is 0 Å². The lowest BCUT2D eigenvalue weighted by molar-refractivity contribution is -0.382.